The van der Waals surface area contributed by atoms with E-state index in [1.807, 2.05) is 6.92 Å². The van der Waals surface area contributed by atoms with E-state index in [1.54, 1.807) is 7.05 Å². The van der Waals surface area contributed by atoms with Gasteiger partial charge in [0.25, 0.3) is 0 Å². The zero-order valence-electron chi connectivity index (χ0n) is 18.1. The highest BCUT2D eigenvalue weighted by atomic mass is 16.5. The van der Waals surface area contributed by atoms with Crippen LogP contribution in [-0.2, 0) is 11.3 Å². The third kappa shape index (κ3) is 7.30. The Bertz CT molecular complexity index is 623. The summed E-state index contributed by atoms with van der Waals surface area (Å²) < 4.78 is 11.3. The third-order valence-electron chi connectivity index (χ3n) is 5.07. The monoisotopic (exact) mass is 391 g/mol. The zero-order chi connectivity index (χ0) is 20.4. The molecule has 0 saturated carbocycles. The van der Waals surface area contributed by atoms with E-state index in [0.717, 1.165) is 43.5 Å². The molecule has 0 radical (unpaired) electrons. The minimum Gasteiger partial charge on any atom is -0.491 e. The number of ether oxygens (including phenoxy) is 2. The summed E-state index contributed by atoms with van der Waals surface area (Å²) in [6.45, 7) is 10.7. The highest BCUT2D eigenvalue weighted by molar-refractivity contribution is 5.79. The van der Waals surface area contributed by atoms with Gasteiger partial charge in [-0.25, -0.2) is 0 Å². The molecule has 1 saturated heterocycles. The van der Waals surface area contributed by atoms with E-state index >= 15 is 0 Å². The summed E-state index contributed by atoms with van der Waals surface area (Å²) in [5, 5.41) is 6.87. The standard InChI is InChI=1S/C21H37N5O2/c1-6-27-11-12-28-20-13-17(2)7-8-18(20)14-23-21(22-3)24-15-19-16-25(4)9-10-26(19)5/h7-8,13,19H,6,9-12,14-16H2,1-5H3,(H2,22,23,24). The van der Waals surface area contributed by atoms with Crippen LogP contribution in [0.25, 0.3) is 0 Å². The molecule has 0 aliphatic carbocycles. The van der Waals surface area contributed by atoms with Crippen LogP contribution < -0.4 is 15.4 Å². The number of piperazine rings is 1. The predicted molar refractivity (Wildman–Crippen MR) is 115 cm³/mol. The maximum absolute atomic E-state index is 5.93. The summed E-state index contributed by atoms with van der Waals surface area (Å²) in [6, 6.07) is 6.77. The van der Waals surface area contributed by atoms with Crippen molar-refractivity contribution in [1.29, 1.82) is 0 Å². The Morgan fingerprint density at radius 3 is 2.79 bits per heavy atom. The first-order valence-electron chi connectivity index (χ1n) is 10.2. The van der Waals surface area contributed by atoms with Crippen LogP contribution in [0.5, 0.6) is 5.75 Å². The fourth-order valence-corrected chi connectivity index (χ4v) is 3.23. The molecule has 0 bridgehead atoms. The van der Waals surface area contributed by atoms with E-state index in [1.165, 1.54) is 5.56 Å². The van der Waals surface area contributed by atoms with Crippen molar-refractivity contribution in [2.75, 3.05) is 67.1 Å². The van der Waals surface area contributed by atoms with E-state index in [0.29, 0.717) is 32.4 Å². The second-order valence-electron chi connectivity index (χ2n) is 7.36. The minimum atomic E-state index is 0.481. The Morgan fingerprint density at radius 2 is 2.04 bits per heavy atom. The van der Waals surface area contributed by atoms with Gasteiger partial charge in [0.05, 0.1) is 6.61 Å². The molecule has 0 amide bonds. The number of likely N-dealkylation sites (N-methyl/N-ethyl adjacent to an activating group) is 2. The topological polar surface area (TPSA) is 61.4 Å². The summed E-state index contributed by atoms with van der Waals surface area (Å²) in [5.74, 6) is 1.71. The lowest BCUT2D eigenvalue weighted by Gasteiger charge is -2.37. The average Bonchev–Trinajstić information content (AvgIpc) is 2.69. The lowest BCUT2D eigenvalue weighted by molar-refractivity contribution is 0.110. The number of rotatable bonds is 9. The Kier molecular flexibility index (Phi) is 9.54. The minimum absolute atomic E-state index is 0.481. The number of nitrogens with one attached hydrogen (secondary N) is 2. The Hall–Kier alpha value is -1.83. The quantitative estimate of drug-likeness (QED) is 0.376. The molecular weight excluding hydrogens is 354 g/mol. The van der Waals surface area contributed by atoms with Crippen LogP contribution in [0, 0.1) is 6.92 Å². The van der Waals surface area contributed by atoms with Crippen LogP contribution in [0.3, 0.4) is 0 Å². The molecule has 0 aromatic heterocycles. The number of aryl methyl sites for hydroxylation is 1. The second kappa shape index (κ2) is 11.9. The Balaban J connectivity index is 1.86. The van der Waals surface area contributed by atoms with Crippen molar-refractivity contribution in [3.05, 3.63) is 29.3 Å². The third-order valence-corrected chi connectivity index (χ3v) is 5.07. The molecule has 1 aromatic rings. The largest absolute Gasteiger partial charge is 0.491 e. The van der Waals surface area contributed by atoms with Gasteiger partial charge in [-0.15, -0.1) is 0 Å². The summed E-state index contributed by atoms with van der Waals surface area (Å²) in [6.07, 6.45) is 0. The Morgan fingerprint density at radius 1 is 1.21 bits per heavy atom. The first-order valence-corrected chi connectivity index (χ1v) is 10.2. The first-order chi connectivity index (χ1) is 13.5. The van der Waals surface area contributed by atoms with E-state index in [-0.39, 0.29) is 0 Å². The van der Waals surface area contributed by atoms with Crippen molar-refractivity contribution >= 4 is 5.96 Å². The normalized spacial score (nSPS) is 18.9. The SMILES string of the molecule is CCOCCOc1cc(C)ccc1CNC(=NC)NCC1CN(C)CCN1C. The number of hydrogen-bond acceptors (Lipinski definition) is 5. The molecule has 7 nitrogen and oxygen atoms in total. The Labute approximate surface area is 170 Å². The highest BCUT2D eigenvalue weighted by Crippen LogP contribution is 2.20. The van der Waals surface area contributed by atoms with Gasteiger partial charge in [0.2, 0.25) is 0 Å². The molecule has 28 heavy (non-hydrogen) atoms. The van der Waals surface area contributed by atoms with Gasteiger partial charge in [0.15, 0.2) is 5.96 Å². The molecule has 1 aromatic carbocycles. The van der Waals surface area contributed by atoms with Gasteiger partial charge >= 0.3 is 0 Å². The molecule has 1 aliphatic rings. The fraction of sp³-hybridized carbons (Fsp3) is 0.667. The van der Waals surface area contributed by atoms with Crippen molar-refractivity contribution in [1.82, 2.24) is 20.4 Å². The van der Waals surface area contributed by atoms with E-state index < -0.39 is 0 Å². The first kappa shape index (κ1) is 22.5. The van der Waals surface area contributed by atoms with Gasteiger partial charge in [-0.1, -0.05) is 12.1 Å². The van der Waals surface area contributed by atoms with Gasteiger partial charge in [-0.3, -0.25) is 9.89 Å². The molecule has 158 valence electrons. The van der Waals surface area contributed by atoms with E-state index in [4.69, 9.17) is 9.47 Å². The number of nitrogens with zero attached hydrogens (tertiary/aromatic N) is 3. The van der Waals surface area contributed by atoms with Gasteiger partial charge in [0, 0.05) is 58.0 Å². The molecule has 0 spiro atoms. The summed E-state index contributed by atoms with van der Waals surface area (Å²) in [7, 11) is 6.17. The molecule has 1 heterocycles. The maximum Gasteiger partial charge on any atom is 0.191 e. The molecular formula is C21H37N5O2. The highest BCUT2D eigenvalue weighted by Gasteiger charge is 2.22. The van der Waals surface area contributed by atoms with Crippen molar-refractivity contribution < 1.29 is 9.47 Å². The van der Waals surface area contributed by atoms with Gasteiger partial charge in [0.1, 0.15) is 12.4 Å². The van der Waals surface area contributed by atoms with Gasteiger partial charge < -0.3 is 25.0 Å². The summed E-state index contributed by atoms with van der Waals surface area (Å²) in [5.41, 5.74) is 2.29. The summed E-state index contributed by atoms with van der Waals surface area (Å²) >= 11 is 0. The molecule has 1 unspecified atom stereocenters. The molecule has 7 heteroatoms. The zero-order valence-corrected chi connectivity index (χ0v) is 18.1. The molecule has 1 aliphatic heterocycles. The van der Waals surface area contributed by atoms with Crippen molar-refractivity contribution in [3.63, 3.8) is 0 Å². The molecule has 2 N–H and O–H groups in total. The van der Waals surface area contributed by atoms with Crippen LogP contribution in [0.2, 0.25) is 0 Å². The second-order valence-corrected chi connectivity index (χ2v) is 7.36. The van der Waals surface area contributed by atoms with E-state index in [2.05, 4.69) is 64.6 Å². The number of guanidine groups is 1. The van der Waals surface area contributed by atoms with Crippen molar-refractivity contribution in [2.24, 2.45) is 4.99 Å². The summed E-state index contributed by atoms with van der Waals surface area (Å²) in [4.78, 5) is 9.15. The van der Waals surface area contributed by atoms with Crippen molar-refractivity contribution in [3.8, 4) is 5.75 Å². The van der Waals surface area contributed by atoms with E-state index in [9.17, 15) is 0 Å². The van der Waals surface area contributed by atoms with Crippen LogP contribution in [0.15, 0.2) is 23.2 Å². The lowest BCUT2D eigenvalue weighted by Crippen LogP contribution is -2.55. The van der Waals surface area contributed by atoms with Crippen LogP contribution in [0.1, 0.15) is 18.1 Å². The van der Waals surface area contributed by atoms with Gasteiger partial charge in [-0.2, -0.15) is 0 Å². The lowest BCUT2D eigenvalue weighted by atomic mass is 10.1. The predicted octanol–water partition coefficient (Wildman–Crippen LogP) is 1.32. The van der Waals surface area contributed by atoms with Gasteiger partial charge in [-0.05, 0) is 39.6 Å². The molecule has 1 atom stereocenters. The fourth-order valence-electron chi connectivity index (χ4n) is 3.23. The smallest absolute Gasteiger partial charge is 0.191 e. The molecule has 1 fully saturated rings. The maximum atomic E-state index is 5.93. The van der Waals surface area contributed by atoms with Crippen LogP contribution >= 0.6 is 0 Å². The average molecular weight is 392 g/mol. The number of aliphatic imine (C=N–C) groups is 1. The number of benzene rings is 1. The van der Waals surface area contributed by atoms with Crippen molar-refractivity contribution in [2.45, 2.75) is 26.4 Å². The van der Waals surface area contributed by atoms with Crippen LogP contribution in [0.4, 0.5) is 0 Å². The molecule has 2 rings (SSSR count). The van der Waals surface area contributed by atoms with Crippen LogP contribution in [-0.4, -0.2) is 88.9 Å². The number of hydrogen-bond donors (Lipinski definition) is 2.